The van der Waals surface area contributed by atoms with Gasteiger partial charge in [0.2, 0.25) is 0 Å². The standard InChI is InChI=1S/C42H42N2S/c1-26(2)34-23-30(29-14-9-8-10-15-29)24-35(27(3)4)39(34)44-37-19-12-11-18-36(37)43-41(44)33-17-13-16-32-31-21-20-28(25-42(5,6)7)22-38(31)45-40(32)33/h8-24,26-27H,25H2,1-7H3. The maximum atomic E-state index is 5.40. The number of para-hydroxylation sites is 2. The average molecular weight is 607 g/mol. The van der Waals surface area contributed by atoms with E-state index in [-0.39, 0.29) is 5.41 Å². The number of hydrogen-bond acceptors (Lipinski definition) is 2. The summed E-state index contributed by atoms with van der Waals surface area (Å²) in [6.07, 6.45) is 1.06. The normalized spacial score (nSPS) is 12.4. The number of thiophene rings is 1. The summed E-state index contributed by atoms with van der Waals surface area (Å²) in [6, 6.07) is 38.1. The van der Waals surface area contributed by atoms with Crippen molar-refractivity contribution in [2.45, 2.75) is 66.7 Å². The quantitative estimate of drug-likeness (QED) is 0.184. The van der Waals surface area contributed by atoms with Gasteiger partial charge in [-0.1, -0.05) is 115 Å². The Morgan fingerprint density at radius 1 is 0.689 bits per heavy atom. The van der Waals surface area contributed by atoms with Crippen LogP contribution in [0.5, 0.6) is 0 Å². The largest absolute Gasteiger partial charge is 0.292 e. The first-order valence-electron chi connectivity index (χ1n) is 16.2. The van der Waals surface area contributed by atoms with Gasteiger partial charge in [-0.2, -0.15) is 0 Å². The molecule has 0 amide bonds. The Hall–Kier alpha value is -4.21. The summed E-state index contributed by atoms with van der Waals surface area (Å²) in [5.74, 6) is 1.67. The number of imidazole rings is 1. The average Bonchev–Trinajstić information content (AvgIpc) is 3.58. The monoisotopic (exact) mass is 606 g/mol. The van der Waals surface area contributed by atoms with Gasteiger partial charge in [-0.15, -0.1) is 11.3 Å². The SMILES string of the molecule is CC(C)c1cc(-c2ccccc2)cc(C(C)C)c1-n1c(-c2cccc3c2sc2cc(CC(C)(C)C)ccc23)nc2ccccc21. The predicted octanol–water partition coefficient (Wildman–Crippen LogP) is 12.6. The van der Waals surface area contributed by atoms with Crippen LogP contribution < -0.4 is 0 Å². The zero-order valence-corrected chi connectivity index (χ0v) is 28.3. The lowest BCUT2D eigenvalue weighted by Gasteiger charge is -2.24. The molecule has 0 spiro atoms. The van der Waals surface area contributed by atoms with Crippen molar-refractivity contribution in [1.29, 1.82) is 0 Å². The highest BCUT2D eigenvalue weighted by molar-refractivity contribution is 7.26. The summed E-state index contributed by atoms with van der Waals surface area (Å²) in [6.45, 7) is 16.2. The molecule has 0 aliphatic heterocycles. The molecule has 0 aliphatic rings. The van der Waals surface area contributed by atoms with E-state index in [0.29, 0.717) is 11.8 Å². The Labute approximate surface area is 271 Å². The van der Waals surface area contributed by atoms with Crippen molar-refractivity contribution in [1.82, 2.24) is 9.55 Å². The van der Waals surface area contributed by atoms with Gasteiger partial charge in [0.25, 0.3) is 0 Å². The van der Waals surface area contributed by atoms with Gasteiger partial charge in [0.15, 0.2) is 0 Å². The Kier molecular flexibility index (Phi) is 7.41. The minimum Gasteiger partial charge on any atom is -0.292 e. The molecule has 0 unspecified atom stereocenters. The van der Waals surface area contributed by atoms with E-state index in [4.69, 9.17) is 4.98 Å². The second-order valence-corrected chi connectivity index (χ2v) is 15.3. The Balaban J connectivity index is 1.53. The molecule has 0 aliphatic carbocycles. The highest BCUT2D eigenvalue weighted by Crippen LogP contribution is 2.44. The van der Waals surface area contributed by atoms with E-state index < -0.39 is 0 Å². The second-order valence-electron chi connectivity index (χ2n) is 14.3. The van der Waals surface area contributed by atoms with Crippen LogP contribution in [0.4, 0.5) is 0 Å². The molecule has 0 atom stereocenters. The van der Waals surface area contributed by atoms with Crippen LogP contribution in [-0.2, 0) is 6.42 Å². The molecule has 0 saturated carbocycles. The van der Waals surface area contributed by atoms with Crippen LogP contribution in [0.2, 0.25) is 0 Å². The summed E-state index contributed by atoms with van der Waals surface area (Å²) < 4.78 is 5.12. The molecule has 0 N–H and O–H groups in total. The van der Waals surface area contributed by atoms with E-state index in [2.05, 4.69) is 156 Å². The predicted molar refractivity (Wildman–Crippen MR) is 196 cm³/mol. The molecule has 0 fully saturated rings. The zero-order chi connectivity index (χ0) is 31.5. The second kappa shape index (κ2) is 11.3. The third-order valence-electron chi connectivity index (χ3n) is 8.84. The highest BCUT2D eigenvalue weighted by atomic mass is 32.1. The summed E-state index contributed by atoms with van der Waals surface area (Å²) in [5.41, 5.74) is 11.5. The first-order valence-corrected chi connectivity index (χ1v) is 17.1. The summed E-state index contributed by atoms with van der Waals surface area (Å²) in [7, 11) is 0. The minimum absolute atomic E-state index is 0.249. The van der Waals surface area contributed by atoms with Gasteiger partial charge >= 0.3 is 0 Å². The van der Waals surface area contributed by atoms with Gasteiger partial charge in [-0.25, -0.2) is 4.98 Å². The van der Waals surface area contributed by atoms with Crippen molar-refractivity contribution >= 4 is 42.5 Å². The molecular weight excluding hydrogens is 565 g/mol. The topological polar surface area (TPSA) is 17.8 Å². The van der Waals surface area contributed by atoms with Crippen molar-refractivity contribution in [3.8, 4) is 28.2 Å². The highest BCUT2D eigenvalue weighted by Gasteiger charge is 2.25. The fourth-order valence-corrected chi connectivity index (χ4v) is 8.07. The van der Waals surface area contributed by atoms with Crippen molar-refractivity contribution in [3.63, 3.8) is 0 Å². The van der Waals surface area contributed by atoms with Gasteiger partial charge in [0, 0.05) is 25.7 Å². The molecule has 7 rings (SSSR count). The molecule has 2 nitrogen and oxygen atoms in total. The number of rotatable bonds is 6. The fourth-order valence-electron chi connectivity index (χ4n) is 6.79. The van der Waals surface area contributed by atoms with Crippen LogP contribution in [0.3, 0.4) is 0 Å². The molecule has 3 heteroatoms. The molecule has 0 radical (unpaired) electrons. The number of aromatic nitrogens is 2. The van der Waals surface area contributed by atoms with Crippen molar-refractivity contribution < 1.29 is 0 Å². The summed E-state index contributed by atoms with van der Waals surface area (Å²) >= 11 is 1.90. The molecule has 7 aromatic rings. The van der Waals surface area contributed by atoms with E-state index in [1.807, 2.05) is 11.3 Å². The van der Waals surface area contributed by atoms with E-state index in [1.54, 1.807) is 0 Å². The zero-order valence-electron chi connectivity index (χ0n) is 27.5. The third kappa shape index (κ3) is 5.38. The molecule has 5 aromatic carbocycles. The van der Waals surface area contributed by atoms with Gasteiger partial charge in [-0.05, 0) is 87.9 Å². The van der Waals surface area contributed by atoms with Crippen molar-refractivity contribution in [2.24, 2.45) is 5.41 Å². The fraction of sp³-hybridized carbons (Fsp3) is 0.262. The Morgan fingerprint density at radius 3 is 2.07 bits per heavy atom. The number of benzene rings is 5. The van der Waals surface area contributed by atoms with E-state index in [0.717, 1.165) is 23.3 Å². The van der Waals surface area contributed by atoms with Gasteiger partial charge in [-0.3, -0.25) is 4.57 Å². The number of nitrogens with zero attached hydrogens (tertiary/aromatic N) is 2. The summed E-state index contributed by atoms with van der Waals surface area (Å²) in [5, 5.41) is 2.64. The van der Waals surface area contributed by atoms with E-state index >= 15 is 0 Å². The lowest BCUT2D eigenvalue weighted by Crippen LogP contribution is -2.09. The molecule has 226 valence electrons. The van der Waals surface area contributed by atoms with E-state index in [9.17, 15) is 0 Å². The van der Waals surface area contributed by atoms with Crippen LogP contribution in [0, 0.1) is 5.41 Å². The van der Waals surface area contributed by atoms with Crippen LogP contribution >= 0.6 is 11.3 Å². The van der Waals surface area contributed by atoms with Crippen molar-refractivity contribution in [3.05, 3.63) is 120 Å². The maximum absolute atomic E-state index is 5.40. The van der Waals surface area contributed by atoms with Crippen LogP contribution in [0.25, 0.3) is 59.4 Å². The molecule has 45 heavy (non-hydrogen) atoms. The lowest BCUT2D eigenvalue weighted by atomic mass is 9.88. The van der Waals surface area contributed by atoms with E-state index in [1.165, 1.54) is 59.2 Å². The first-order chi connectivity index (χ1) is 21.6. The lowest BCUT2D eigenvalue weighted by molar-refractivity contribution is 0.411. The number of hydrogen-bond donors (Lipinski definition) is 0. The first kappa shape index (κ1) is 29.5. The molecule has 2 aromatic heterocycles. The Bertz CT molecular complexity index is 2140. The van der Waals surface area contributed by atoms with Crippen LogP contribution in [-0.4, -0.2) is 9.55 Å². The Morgan fingerprint density at radius 2 is 1.38 bits per heavy atom. The molecule has 2 heterocycles. The smallest absolute Gasteiger partial charge is 0.147 e. The third-order valence-corrected chi connectivity index (χ3v) is 10.0. The van der Waals surface area contributed by atoms with Gasteiger partial charge in [0.1, 0.15) is 5.82 Å². The minimum atomic E-state index is 0.249. The number of fused-ring (bicyclic) bond motifs is 4. The molecular formula is C42H42N2S. The van der Waals surface area contributed by atoms with Crippen LogP contribution in [0.15, 0.2) is 103 Å². The maximum Gasteiger partial charge on any atom is 0.147 e. The van der Waals surface area contributed by atoms with Gasteiger partial charge < -0.3 is 0 Å². The molecule has 0 saturated heterocycles. The van der Waals surface area contributed by atoms with Gasteiger partial charge in [0.05, 0.1) is 16.7 Å². The van der Waals surface area contributed by atoms with Crippen LogP contribution in [0.1, 0.15) is 77.0 Å². The molecule has 0 bridgehead atoms. The summed E-state index contributed by atoms with van der Waals surface area (Å²) in [4.78, 5) is 5.40. The van der Waals surface area contributed by atoms with Crippen molar-refractivity contribution in [2.75, 3.05) is 0 Å².